The maximum atomic E-state index is 6.27. The van der Waals surface area contributed by atoms with Gasteiger partial charge in [0.1, 0.15) is 24.7 Å². The van der Waals surface area contributed by atoms with Crippen molar-refractivity contribution in [2.45, 2.75) is 33.5 Å². The van der Waals surface area contributed by atoms with Crippen LogP contribution in [0.25, 0.3) is 33.4 Å². The lowest BCUT2D eigenvalue weighted by Gasteiger charge is -2.12. The quantitative estimate of drug-likeness (QED) is 0.153. The van der Waals surface area contributed by atoms with Crippen LogP contribution in [0, 0.1) is 5.92 Å². The predicted molar refractivity (Wildman–Crippen MR) is 183 cm³/mol. The van der Waals surface area contributed by atoms with Crippen LogP contribution < -0.4 is 9.47 Å². The molecule has 218 valence electrons. The van der Waals surface area contributed by atoms with Gasteiger partial charge in [0.2, 0.25) is 0 Å². The Morgan fingerprint density at radius 2 is 0.773 bits per heavy atom. The molecule has 6 aromatic carbocycles. The molecule has 6 aromatic rings. The molecule has 2 heteroatoms. The maximum Gasteiger partial charge on any atom is 0.120 e. The minimum Gasteiger partial charge on any atom is -0.489 e. The molecule has 0 saturated heterocycles. The van der Waals surface area contributed by atoms with Gasteiger partial charge in [0.15, 0.2) is 0 Å². The van der Waals surface area contributed by atoms with Crippen LogP contribution in [-0.2, 0) is 19.6 Å². The van der Waals surface area contributed by atoms with Crippen molar-refractivity contribution in [3.05, 3.63) is 168 Å². The summed E-state index contributed by atoms with van der Waals surface area (Å²) in [7, 11) is 0. The molecule has 0 fully saturated rings. The number of hydrogen-bond donors (Lipinski definition) is 0. The summed E-state index contributed by atoms with van der Waals surface area (Å²) in [5.74, 6) is 2.35. The van der Waals surface area contributed by atoms with Crippen molar-refractivity contribution in [2.75, 3.05) is 0 Å². The molecule has 0 aromatic heterocycles. The Kier molecular flexibility index (Phi) is 9.18. The van der Waals surface area contributed by atoms with Crippen molar-refractivity contribution >= 4 is 0 Å². The van der Waals surface area contributed by atoms with E-state index in [1.165, 1.54) is 27.8 Å². The van der Waals surface area contributed by atoms with Crippen LogP contribution in [0.15, 0.2) is 152 Å². The number of hydrogen-bond acceptors (Lipinski definition) is 2. The molecule has 0 aliphatic carbocycles. The SMILES string of the molecule is CC(C)Cc1cccc(-c2cccc(OCc3cccc(-c4cccc(OCc5cccc(-c6ccccc6)c5)c4)c3)c2)c1. The van der Waals surface area contributed by atoms with Gasteiger partial charge in [-0.1, -0.05) is 129 Å². The van der Waals surface area contributed by atoms with E-state index in [0.717, 1.165) is 40.2 Å². The van der Waals surface area contributed by atoms with Crippen molar-refractivity contribution in [1.29, 1.82) is 0 Å². The van der Waals surface area contributed by atoms with E-state index in [2.05, 4.69) is 147 Å². The molecule has 0 spiro atoms. The highest BCUT2D eigenvalue weighted by molar-refractivity contribution is 5.67. The summed E-state index contributed by atoms with van der Waals surface area (Å²) in [4.78, 5) is 0. The lowest BCUT2D eigenvalue weighted by atomic mass is 9.98. The standard InChI is InChI=1S/C42H38O2/c1-31(2)23-32-11-6-17-37(24-32)39-19-9-21-41(27-39)44-30-34-13-8-18-38(26-34)40-20-10-22-42(28-40)43-29-33-12-7-16-36(25-33)35-14-4-3-5-15-35/h3-22,24-28,31H,23,29-30H2,1-2H3. The molecule has 0 bridgehead atoms. The van der Waals surface area contributed by atoms with E-state index < -0.39 is 0 Å². The smallest absolute Gasteiger partial charge is 0.120 e. The molecule has 0 N–H and O–H groups in total. The summed E-state index contributed by atoms with van der Waals surface area (Å²) in [6, 6.07) is 53.0. The van der Waals surface area contributed by atoms with E-state index in [-0.39, 0.29) is 0 Å². The van der Waals surface area contributed by atoms with Crippen molar-refractivity contribution in [3.63, 3.8) is 0 Å². The summed E-state index contributed by atoms with van der Waals surface area (Å²) in [6.07, 6.45) is 1.08. The topological polar surface area (TPSA) is 18.5 Å². The molecular formula is C42H38O2. The number of benzene rings is 6. The highest BCUT2D eigenvalue weighted by Crippen LogP contribution is 2.28. The lowest BCUT2D eigenvalue weighted by molar-refractivity contribution is 0.306. The summed E-state index contributed by atoms with van der Waals surface area (Å²) in [6.45, 7) is 5.53. The first-order valence-corrected chi connectivity index (χ1v) is 15.4. The van der Waals surface area contributed by atoms with E-state index >= 15 is 0 Å². The zero-order valence-electron chi connectivity index (χ0n) is 25.4. The fourth-order valence-corrected chi connectivity index (χ4v) is 5.53. The van der Waals surface area contributed by atoms with Crippen LogP contribution in [0.1, 0.15) is 30.5 Å². The van der Waals surface area contributed by atoms with Crippen LogP contribution in [0.2, 0.25) is 0 Å². The minimum absolute atomic E-state index is 0.499. The second kappa shape index (κ2) is 13.9. The molecule has 0 atom stereocenters. The first-order valence-electron chi connectivity index (χ1n) is 15.4. The van der Waals surface area contributed by atoms with Crippen molar-refractivity contribution in [2.24, 2.45) is 5.92 Å². The molecule has 0 aliphatic heterocycles. The Hall–Kier alpha value is -5.08. The lowest BCUT2D eigenvalue weighted by Crippen LogP contribution is -1.97. The zero-order chi connectivity index (χ0) is 30.1. The fraction of sp³-hybridized carbons (Fsp3) is 0.143. The van der Waals surface area contributed by atoms with Gasteiger partial charge in [0.25, 0.3) is 0 Å². The van der Waals surface area contributed by atoms with E-state index in [1.54, 1.807) is 0 Å². The number of ether oxygens (including phenoxy) is 2. The average molecular weight is 575 g/mol. The van der Waals surface area contributed by atoms with Crippen LogP contribution in [0.5, 0.6) is 11.5 Å². The zero-order valence-corrected chi connectivity index (χ0v) is 25.4. The largest absolute Gasteiger partial charge is 0.489 e. The Balaban J connectivity index is 1.10. The second-order valence-electron chi connectivity index (χ2n) is 11.7. The van der Waals surface area contributed by atoms with Crippen LogP contribution >= 0.6 is 0 Å². The van der Waals surface area contributed by atoms with Crippen molar-refractivity contribution < 1.29 is 9.47 Å². The molecule has 0 heterocycles. The molecule has 6 rings (SSSR count). The first-order chi connectivity index (χ1) is 21.6. The number of rotatable bonds is 11. The van der Waals surface area contributed by atoms with Gasteiger partial charge in [-0.2, -0.15) is 0 Å². The highest BCUT2D eigenvalue weighted by atomic mass is 16.5. The Morgan fingerprint density at radius 1 is 0.386 bits per heavy atom. The van der Waals surface area contributed by atoms with Gasteiger partial charge < -0.3 is 9.47 Å². The molecule has 0 radical (unpaired) electrons. The molecule has 0 amide bonds. The van der Waals surface area contributed by atoms with Gasteiger partial charge >= 0.3 is 0 Å². The van der Waals surface area contributed by atoms with Gasteiger partial charge in [-0.25, -0.2) is 0 Å². The Labute approximate surface area is 261 Å². The molecule has 0 aliphatic rings. The van der Waals surface area contributed by atoms with Gasteiger partial charge in [-0.15, -0.1) is 0 Å². The van der Waals surface area contributed by atoms with Gasteiger partial charge in [0, 0.05) is 0 Å². The third kappa shape index (κ3) is 7.65. The van der Waals surface area contributed by atoms with E-state index in [9.17, 15) is 0 Å². The molecule has 44 heavy (non-hydrogen) atoms. The maximum absolute atomic E-state index is 6.27. The monoisotopic (exact) mass is 574 g/mol. The van der Waals surface area contributed by atoms with E-state index in [4.69, 9.17) is 9.47 Å². The first kappa shape index (κ1) is 29.0. The third-order valence-electron chi connectivity index (χ3n) is 7.68. The predicted octanol–water partition coefficient (Wildman–Crippen LogP) is 11.0. The molecule has 2 nitrogen and oxygen atoms in total. The fourth-order valence-electron chi connectivity index (χ4n) is 5.53. The van der Waals surface area contributed by atoms with Gasteiger partial charge in [0.05, 0.1) is 0 Å². The Bertz CT molecular complexity index is 1820. The summed E-state index contributed by atoms with van der Waals surface area (Å²) >= 11 is 0. The normalized spacial score (nSPS) is 11.0. The van der Waals surface area contributed by atoms with Crippen LogP contribution in [0.3, 0.4) is 0 Å². The van der Waals surface area contributed by atoms with Crippen molar-refractivity contribution in [3.8, 4) is 44.9 Å². The summed E-state index contributed by atoms with van der Waals surface area (Å²) in [5.41, 5.74) is 10.7. The van der Waals surface area contributed by atoms with E-state index in [1.807, 2.05) is 18.2 Å². The van der Waals surface area contributed by atoms with Crippen LogP contribution in [0.4, 0.5) is 0 Å². The molecule has 0 saturated carbocycles. The minimum atomic E-state index is 0.499. The summed E-state index contributed by atoms with van der Waals surface area (Å²) < 4.78 is 12.5. The van der Waals surface area contributed by atoms with Gasteiger partial charge in [-0.05, 0) is 98.8 Å². The summed E-state index contributed by atoms with van der Waals surface area (Å²) in [5, 5.41) is 0. The van der Waals surface area contributed by atoms with E-state index in [0.29, 0.717) is 19.1 Å². The average Bonchev–Trinajstić information content (AvgIpc) is 3.07. The third-order valence-corrected chi connectivity index (χ3v) is 7.68. The molecule has 0 unspecified atom stereocenters. The molecular weight excluding hydrogens is 536 g/mol. The Morgan fingerprint density at radius 3 is 1.27 bits per heavy atom. The second-order valence-corrected chi connectivity index (χ2v) is 11.7. The van der Waals surface area contributed by atoms with Crippen molar-refractivity contribution in [1.82, 2.24) is 0 Å². The highest BCUT2D eigenvalue weighted by Gasteiger charge is 2.07. The van der Waals surface area contributed by atoms with Gasteiger partial charge in [-0.3, -0.25) is 0 Å². The van der Waals surface area contributed by atoms with Crippen LogP contribution in [-0.4, -0.2) is 0 Å².